The van der Waals surface area contributed by atoms with E-state index in [2.05, 4.69) is 10.6 Å². The number of carbonyl (C=O) groups excluding carboxylic acids is 3. The van der Waals surface area contributed by atoms with E-state index >= 15 is 0 Å². The normalized spacial score (nSPS) is 15.5. The Morgan fingerprint density at radius 3 is 2.47 bits per heavy atom. The maximum absolute atomic E-state index is 12.6. The molecule has 1 aliphatic rings. The first-order valence-electron chi connectivity index (χ1n) is 10.3. The Bertz CT molecular complexity index is 1130. The van der Waals surface area contributed by atoms with Crippen LogP contribution in [0.2, 0.25) is 5.02 Å². The number of carbonyl (C=O) groups is 3. The van der Waals surface area contributed by atoms with Crippen molar-refractivity contribution in [3.8, 4) is 0 Å². The van der Waals surface area contributed by atoms with Crippen molar-refractivity contribution in [3.05, 3.63) is 95.0 Å². The Morgan fingerprint density at radius 1 is 0.969 bits per heavy atom. The molecule has 0 unspecified atom stereocenters. The van der Waals surface area contributed by atoms with E-state index in [1.165, 1.54) is 0 Å². The number of hydrogen-bond donors (Lipinski definition) is 2. The van der Waals surface area contributed by atoms with E-state index in [9.17, 15) is 14.4 Å². The molecule has 1 heterocycles. The van der Waals surface area contributed by atoms with Crippen molar-refractivity contribution >= 4 is 40.7 Å². The van der Waals surface area contributed by atoms with Crippen molar-refractivity contribution in [2.24, 2.45) is 5.92 Å². The minimum Gasteiger partial charge on any atom is -0.352 e. The van der Waals surface area contributed by atoms with Gasteiger partial charge in [0.1, 0.15) is 0 Å². The number of amides is 3. The first-order valence-corrected chi connectivity index (χ1v) is 10.7. The second-order valence-electron chi connectivity index (χ2n) is 7.62. The zero-order valence-electron chi connectivity index (χ0n) is 17.3. The summed E-state index contributed by atoms with van der Waals surface area (Å²) in [4.78, 5) is 39.4. The number of halogens is 1. The van der Waals surface area contributed by atoms with E-state index in [1.807, 2.05) is 30.3 Å². The number of nitrogens with zero attached hydrogens (tertiary/aromatic N) is 1. The third-order valence-electron chi connectivity index (χ3n) is 5.33. The molecule has 0 bridgehead atoms. The standard InChI is InChI=1S/C25H22ClN3O3/c26-20-11-9-17(10-12-20)15-27-24(31)19-14-23(30)29(16-19)22-8-4-5-18(13-22)25(32)28-21-6-2-1-3-7-21/h1-13,19H,14-16H2,(H,27,31)(H,28,32)/t19-/m1/s1. The summed E-state index contributed by atoms with van der Waals surface area (Å²) in [5.41, 5.74) is 2.66. The smallest absolute Gasteiger partial charge is 0.255 e. The quantitative estimate of drug-likeness (QED) is 0.592. The van der Waals surface area contributed by atoms with E-state index in [-0.39, 0.29) is 30.7 Å². The predicted molar refractivity (Wildman–Crippen MR) is 125 cm³/mol. The van der Waals surface area contributed by atoms with Gasteiger partial charge in [0, 0.05) is 41.5 Å². The van der Waals surface area contributed by atoms with Crippen molar-refractivity contribution in [2.75, 3.05) is 16.8 Å². The van der Waals surface area contributed by atoms with Crippen LogP contribution in [-0.2, 0) is 16.1 Å². The molecule has 3 aromatic rings. The molecule has 0 aromatic heterocycles. The average Bonchev–Trinajstić information content (AvgIpc) is 3.21. The minimum atomic E-state index is -0.448. The van der Waals surface area contributed by atoms with E-state index in [0.717, 1.165) is 5.56 Å². The largest absolute Gasteiger partial charge is 0.352 e. The van der Waals surface area contributed by atoms with Crippen LogP contribution in [0.1, 0.15) is 22.3 Å². The molecular formula is C25H22ClN3O3. The highest BCUT2D eigenvalue weighted by Crippen LogP contribution is 2.26. The summed E-state index contributed by atoms with van der Waals surface area (Å²) in [6, 6.07) is 23.3. The lowest BCUT2D eigenvalue weighted by molar-refractivity contribution is -0.126. The Labute approximate surface area is 191 Å². The lowest BCUT2D eigenvalue weighted by Crippen LogP contribution is -2.32. The van der Waals surface area contributed by atoms with Crippen LogP contribution in [0.3, 0.4) is 0 Å². The number of para-hydroxylation sites is 1. The molecule has 6 nitrogen and oxygen atoms in total. The summed E-state index contributed by atoms with van der Waals surface area (Å²) >= 11 is 5.88. The second kappa shape index (κ2) is 9.66. The Hall–Kier alpha value is -3.64. The van der Waals surface area contributed by atoms with Gasteiger partial charge in [-0.25, -0.2) is 0 Å². The molecule has 0 radical (unpaired) electrons. The topological polar surface area (TPSA) is 78.5 Å². The first-order chi connectivity index (χ1) is 15.5. The van der Waals surface area contributed by atoms with Crippen LogP contribution in [0.4, 0.5) is 11.4 Å². The van der Waals surface area contributed by atoms with Gasteiger partial charge < -0.3 is 15.5 Å². The third-order valence-corrected chi connectivity index (χ3v) is 5.58. The van der Waals surface area contributed by atoms with Crippen LogP contribution in [0.5, 0.6) is 0 Å². The zero-order chi connectivity index (χ0) is 22.5. The van der Waals surface area contributed by atoms with Crippen LogP contribution in [0, 0.1) is 5.92 Å². The van der Waals surface area contributed by atoms with E-state index in [4.69, 9.17) is 11.6 Å². The van der Waals surface area contributed by atoms with Gasteiger partial charge in [-0.2, -0.15) is 0 Å². The number of nitrogens with one attached hydrogen (secondary N) is 2. The Balaban J connectivity index is 1.39. The van der Waals surface area contributed by atoms with Gasteiger partial charge in [-0.3, -0.25) is 14.4 Å². The molecule has 1 saturated heterocycles. The molecule has 32 heavy (non-hydrogen) atoms. The molecule has 4 rings (SSSR count). The maximum atomic E-state index is 12.6. The monoisotopic (exact) mass is 447 g/mol. The fraction of sp³-hybridized carbons (Fsp3) is 0.160. The molecule has 7 heteroatoms. The van der Waals surface area contributed by atoms with E-state index in [0.29, 0.717) is 28.5 Å². The number of anilines is 2. The van der Waals surface area contributed by atoms with Gasteiger partial charge in [0.15, 0.2) is 0 Å². The van der Waals surface area contributed by atoms with Gasteiger partial charge in [0.05, 0.1) is 5.92 Å². The molecule has 1 atom stereocenters. The molecule has 1 fully saturated rings. The molecule has 0 aliphatic carbocycles. The molecule has 3 aromatic carbocycles. The molecule has 0 spiro atoms. The summed E-state index contributed by atoms with van der Waals surface area (Å²) < 4.78 is 0. The molecule has 2 N–H and O–H groups in total. The molecular weight excluding hydrogens is 426 g/mol. The van der Waals surface area contributed by atoms with Crippen LogP contribution < -0.4 is 15.5 Å². The summed E-state index contributed by atoms with van der Waals surface area (Å²) in [6.45, 7) is 0.644. The van der Waals surface area contributed by atoms with Crippen molar-refractivity contribution < 1.29 is 14.4 Å². The van der Waals surface area contributed by atoms with E-state index in [1.54, 1.807) is 53.4 Å². The fourth-order valence-electron chi connectivity index (χ4n) is 3.61. The molecule has 1 aliphatic heterocycles. The van der Waals surface area contributed by atoms with Crippen LogP contribution in [-0.4, -0.2) is 24.3 Å². The third kappa shape index (κ3) is 5.15. The summed E-state index contributed by atoms with van der Waals surface area (Å²) in [5, 5.41) is 6.36. The van der Waals surface area contributed by atoms with Crippen molar-refractivity contribution in [2.45, 2.75) is 13.0 Å². The lowest BCUT2D eigenvalue weighted by atomic mass is 10.1. The highest BCUT2D eigenvalue weighted by molar-refractivity contribution is 6.30. The molecule has 162 valence electrons. The van der Waals surface area contributed by atoms with Gasteiger partial charge in [-0.15, -0.1) is 0 Å². The van der Waals surface area contributed by atoms with Gasteiger partial charge in [0.25, 0.3) is 5.91 Å². The van der Waals surface area contributed by atoms with Crippen LogP contribution in [0.15, 0.2) is 78.9 Å². The lowest BCUT2D eigenvalue weighted by Gasteiger charge is -2.18. The predicted octanol–water partition coefficient (Wildman–Crippen LogP) is 4.26. The number of hydrogen-bond acceptors (Lipinski definition) is 3. The second-order valence-corrected chi connectivity index (χ2v) is 8.06. The molecule has 3 amide bonds. The van der Waals surface area contributed by atoms with Crippen LogP contribution in [0.25, 0.3) is 0 Å². The van der Waals surface area contributed by atoms with Gasteiger partial charge in [-0.05, 0) is 48.0 Å². The van der Waals surface area contributed by atoms with E-state index < -0.39 is 5.92 Å². The summed E-state index contributed by atoms with van der Waals surface area (Å²) in [7, 11) is 0. The number of benzene rings is 3. The summed E-state index contributed by atoms with van der Waals surface area (Å²) in [6.07, 6.45) is 0.132. The fourth-order valence-corrected chi connectivity index (χ4v) is 3.73. The van der Waals surface area contributed by atoms with Gasteiger partial charge in [0.2, 0.25) is 11.8 Å². The highest BCUT2D eigenvalue weighted by atomic mass is 35.5. The maximum Gasteiger partial charge on any atom is 0.255 e. The van der Waals surface area contributed by atoms with Crippen molar-refractivity contribution in [1.82, 2.24) is 5.32 Å². The van der Waals surface area contributed by atoms with Crippen LogP contribution >= 0.6 is 11.6 Å². The van der Waals surface area contributed by atoms with Gasteiger partial charge in [-0.1, -0.05) is 48.0 Å². The van der Waals surface area contributed by atoms with Crippen molar-refractivity contribution in [3.63, 3.8) is 0 Å². The Kier molecular flexibility index (Phi) is 6.52. The van der Waals surface area contributed by atoms with Gasteiger partial charge >= 0.3 is 0 Å². The number of rotatable bonds is 6. The zero-order valence-corrected chi connectivity index (χ0v) is 18.0. The van der Waals surface area contributed by atoms with Crippen molar-refractivity contribution in [1.29, 1.82) is 0 Å². The summed E-state index contributed by atoms with van der Waals surface area (Å²) in [5.74, 6) is -1.02. The Morgan fingerprint density at radius 2 is 1.72 bits per heavy atom. The first kappa shape index (κ1) is 21.6. The molecule has 0 saturated carbocycles. The SMILES string of the molecule is O=C(Nc1ccccc1)c1cccc(N2C[C@H](C(=O)NCc3ccc(Cl)cc3)CC2=O)c1. The minimum absolute atomic E-state index is 0.132. The highest BCUT2D eigenvalue weighted by Gasteiger charge is 2.35. The average molecular weight is 448 g/mol.